The molecule has 0 aromatic heterocycles. The number of anilines is 1. The van der Waals surface area contributed by atoms with E-state index in [-0.39, 0.29) is 0 Å². The van der Waals surface area contributed by atoms with Crippen LogP contribution in [-0.2, 0) is 0 Å². The lowest BCUT2D eigenvalue weighted by Crippen LogP contribution is -2.09. The Balaban J connectivity index is 2.55. The van der Waals surface area contributed by atoms with E-state index in [9.17, 15) is 0 Å². The fourth-order valence-electron chi connectivity index (χ4n) is 0.934. The topological polar surface area (TPSA) is 3.24 Å². The number of terminal acetylenes is 1. The van der Waals surface area contributed by atoms with Crippen molar-refractivity contribution in [1.29, 1.82) is 0 Å². The highest BCUT2D eigenvalue weighted by Crippen LogP contribution is 2.16. The third kappa shape index (κ3) is 2.57. The molecule has 0 N–H and O–H groups in total. The largest absolute Gasteiger partial charge is 0.355 e. The highest BCUT2D eigenvalue weighted by molar-refractivity contribution is 7.19. The number of para-hydroxylation sites is 1. The van der Waals surface area contributed by atoms with Crippen molar-refractivity contribution in [3.05, 3.63) is 30.3 Å². The summed E-state index contributed by atoms with van der Waals surface area (Å²) in [4.78, 5) is 0. The van der Waals surface area contributed by atoms with Gasteiger partial charge in [-0.2, -0.15) is 0 Å². The van der Waals surface area contributed by atoms with Crippen LogP contribution in [0.2, 0.25) is 0 Å². The van der Waals surface area contributed by atoms with Gasteiger partial charge in [-0.3, -0.25) is 0 Å². The van der Waals surface area contributed by atoms with Crippen molar-refractivity contribution in [2.24, 2.45) is 0 Å². The molecule has 12 heavy (non-hydrogen) atoms. The Hall–Kier alpha value is -0.990. The number of rotatable bonds is 3. The maximum absolute atomic E-state index is 5.17. The number of benzene rings is 1. The van der Waals surface area contributed by atoms with Crippen molar-refractivity contribution >= 4 is 15.1 Å². The Morgan fingerprint density at radius 1 is 1.33 bits per heavy atom. The summed E-state index contributed by atoms with van der Waals surface area (Å²) in [7, 11) is 2.66. The molecule has 0 radical (unpaired) electrons. The molecule has 1 nitrogen and oxygen atoms in total. The van der Waals surface area contributed by atoms with Crippen LogP contribution in [0, 0.1) is 12.3 Å². The van der Waals surface area contributed by atoms with E-state index < -0.39 is 0 Å². The molecule has 0 saturated carbocycles. The van der Waals surface area contributed by atoms with Crippen LogP contribution >= 0.6 is 9.39 Å². The van der Waals surface area contributed by atoms with Gasteiger partial charge in [0.25, 0.3) is 0 Å². The molecule has 0 amide bonds. The summed E-state index contributed by atoms with van der Waals surface area (Å²) in [6.45, 7) is 0.880. The van der Waals surface area contributed by atoms with E-state index in [0.29, 0.717) is 0 Å². The van der Waals surface area contributed by atoms with Crippen LogP contribution in [0.15, 0.2) is 30.3 Å². The minimum atomic E-state index is 0.776. The predicted octanol–water partition coefficient (Wildman–Crippen LogP) is 2.31. The summed E-state index contributed by atoms with van der Waals surface area (Å²) < 4.78 is 2.07. The van der Waals surface area contributed by atoms with E-state index in [2.05, 4.69) is 32.1 Å². The Bertz CT molecular complexity index is 263. The van der Waals surface area contributed by atoms with Gasteiger partial charge < -0.3 is 4.67 Å². The first-order chi connectivity index (χ1) is 5.84. The van der Waals surface area contributed by atoms with Gasteiger partial charge in [-0.1, -0.05) is 18.2 Å². The van der Waals surface area contributed by atoms with Crippen molar-refractivity contribution in [1.82, 2.24) is 0 Å². The number of hydrogen-bond donors (Lipinski definition) is 0. The monoisotopic (exact) mass is 177 g/mol. The maximum Gasteiger partial charge on any atom is 0.0395 e. The van der Waals surface area contributed by atoms with Crippen molar-refractivity contribution in [2.45, 2.75) is 6.42 Å². The lowest BCUT2D eigenvalue weighted by atomic mass is 10.3. The third-order valence-corrected chi connectivity index (χ3v) is 2.14. The van der Waals surface area contributed by atoms with E-state index in [1.165, 1.54) is 5.69 Å². The van der Waals surface area contributed by atoms with E-state index in [4.69, 9.17) is 6.42 Å². The van der Waals surface area contributed by atoms with Crippen LogP contribution in [0.5, 0.6) is 0 Å². The zero-order chi connectivity index (χ0) is 8.81. The molecular formula is C10H12NP. The quantitative estimate of drug-likeness (QED) is 0.506. The van der Waals surface area contributed by atoms with Crippen LogP contribution in [0.4, 0.5) is 5.69 Å². The van der Waals surface area contributed by atoms with Gasteiger partial charge >= 0.3 is 0 Å². The molecular weight excluding hydrogens is 165 g/mol. The third-order valence-electron chi connectivity index (χ3n) is 1.58. The second-order valence-corrected chi connectivity index (χ2v) is 3.11. The van der Waals surface area contributed by atoms with Crippen molar-refractivity contribution in [3.63, 3.8) is 0 Å². The Kier molecular flexibility index (Phi) is 3.64. The fourth-order valence-corrected chi connectivity index (χ4v) is 1.23. The van der Waals surface area contributed by atoms with E-state index in [1.54, 1.807) is 0 Å². The lowest BCUT2D eigenvalue weighted by molar-refractivity contribution is 1.02. The SMILES string of the molecule is C#CCCN(P)c1ccccc1. The highest BCUT2D eigenvalue weighted by Gasteiger charge is 1.96. The minimum Gasteiger partial charge on any atom is -0.355 e. The maximum atomic E-state index is 5.17. The van der Waals surface area contributed by atoms with Gasteiger partial charge in [-0.05, 0) is 21.5 Å². The van der Waals surface area contributed by atoms with E-state index in [1.807, 2.05) is 18.2 Å². The summed E-state index contributed by atoms with van der Waals surface area (Å²) in [6, 6.07) is 10.2. The smallest absolute Gasteiger partial charge is 0.0395 e. The average Bonchev–Trinajstić information content (AvgIpc) is 2.15. The first-order valence-electron chi connectivity index (χ1n) is 3.85. The summed E-state index contributed by atoms with van der Waals surface area (Å²) in [5, 5.41) is 0. The molecule has 62 valence electrons. The predicted molar refractivity (Wildman–Crippen MR) is 56.9 cm³/mol. The van der Waals surface area contributed by atoms with Crippen LogP contribution in [0.3, 0.4) is 0 Å². The standard InChI is InChI=1S/C10H12NP/c1-2-3-9-11(12)10-7-5-4-6-8-10/h1,4-8H,3,9,12H2. The molecule has 1 aromatic rings. The van der Waals surface area contributed by atoms with Crippen LogP contribution in [-0.4, -0.2) is 6.54 Å². The summed E-state index contributed by atoms with van der Waals surface area (Å²) in [6.07, 6.45) is 5.95. The molecule has 1 rings (SSSR count). The molecule has 0 bridgehead atoms. The summed E-state index contributed by atoms with van der Waals surface area (Å²) in [5.41, 5.74) is 1.18. The molecule has 1 aromatic carbocycles. The Morgan fingerprint density at radius 3 is 2.58 bits per heavy atom. The molecule has 0 aliphatic heterocycles. The van der Waals surface area contributed by atoms with Crippen LogP contribution < -0.4 is 4.67 Å². The van der Waals surface area contributed by atoms with Gasteiger partial charge in [-0.15, -0.1) is 12.3 Å². The molecule has 1 atom stereocenters. The molecule has 0 spiro atoms. The zero-order valence-corrected chi connectivity index (χ0v) is 8.06. The van der Waals surface area contributed by atoms with E-state index in [0.717, 1.165) is 13.0 Å². The molecule has 2 heteroatoms. The van der Waals surface area contributed by atoms with Gasteiger partial charge in [0.05, 0.1) is 0 Å². The molecule has 0 fully saturated rings. The molecule has 1 unspecified atom stereocenters. The summed E-state index contributed by atoms with van der Waals surface area (Å²) in [5.74, 6) is 2.61. The van der Waals surface area contributed by atoms with Gasteiger partial charge in [0.15, 0.2) is 0 Å². The molecule has 0 heterocycles. The second-order valence-electron chi connectivity index (χ2n) is 2.48. The van der Waals surface area contributed by atoms with Gasteiger partial charge in [0.1, 0.15) is 0 Å². The van der Waals surface area contributed by atoms with Gasteiger partial charge in [0, 0.05) is 18.7 Å². The van der Waals surface area contributed by atoms with Crippen molar-refractivity contribution in [3.8, 4) is 12.3 Å². The fraction of sp³-hybridized carbons (Fsp3) is 0.200. The van der Waals surface area contributed by atoms with E-state index >= 15 is 0 Å². The number of nitrogens with zero attached hydrogens (tertiary/aromatic N) is 1. The second kappa shape index (κ2) is 4.80. The van der Waals surface area contributed by atoms with Crippen LogP contribution in [0.25, 0.3) is 0 Å². The average molecular weight is 177 g/mol. The summed E-state index contributed by atoms with van der Waals surface area (Å²) >= 11 is 0. The first kappa shape index (κ1) is 9.10. The molecule has 0 saturated heterocycles. The zero-order valence-electron chi connectivity index (χ0n) is 6.90. The first-order valence-corrected chi connectivity index (χ1v) is 4.37. The van der Waals surface area contributed by atoms with Crippen molar-refractivity contribution in [2.75, 3.05) is 11.2 Å². The lowest BCUT2D eigenvalue weighted by Gasteiger charge is -2.16. The Morgan fingerprint density at radius 2 is 2.00 bits per heavy atom. The molecule has 0 aliphatic carbocycles. The minimum absolute atomic E-state index is 0.776. The van der Waals surface area contributed by atoms with Crippen LogP contribution in [0.1, 0.15) is 6.42 Å². The number of hydrogen-bond acceptors (Lipinski definition) is 1. The van der Waals surface area contributed by atoms with Gasteiger partial charge in [-0.25, -0.2) is 0 Å². The van der Waals surface area contributed by atoms with Crippen molar-refractivity contribution < 1.29 is 0 Å². The van der Waals surface area contributed by atoms with Gasteiger partial charge in [0.2, 0.25) is 0 Å². The molecule has 0 aliphatic rings. The normalized spacial score (nSPS) is 9.00. The Labute approximate surface area is 76.0 Å². The highest BCUT2D eigenvalue weighted by atomic mass is 31.0.